The second kappa shape index (κ2) is 6.95. The van der Waals surface area contributed by atoms with Crippen LogP contribution in [0.2, 0.25) is 0 Å². The molecule has 6 heteroatoms. The lowest BCUT2D eigenvalue weighted by molar-refractivity contribution is 0.592. The van der Waals surface area contributed by atoms with Crippen molar-refractivity contribution in [2.75, 3.05) is 4.31 Å². The quantitative estimate of drug-likeness (QED) is 0.590. The van der Waals surface area contributed by atoms with Gasteiger partial charge in [0.05, 0.1) is 10.6 Å². The lowest BCUT2D eigenvalue weighted by Crippen LogP contribution is -2.34. The van der Waals surface area contributed by atoms with Crippen molar-refractivity contribution < 1.29 is 8.42 Å². The fourth-order valence-corrected chi connectivity index (χ4v) is 6.52. The van der Waals surface area contributed by atoms with E-state index < -0.39 is 10.0 Å². The Morgan fingerprint density at radius 3 is 2.50 bits per heavy atom. The van der Waals surface area contributed by atoms with Crippen LogP contribution in [0.5, 0.6) is 0 Å². The number of aryl methyl sites for hydroxylation is 1. The zero-order chi connectivity index (χ0) is 18.1. The molecule has 132 valence electrons. The minimum absolute atomic E-state index is 0.305. The summed E-state index contributed by atoms with van der Waals surface area (Å²) in [4.78, 5) is 2.40. The van der Waals surface area contributed by atoms with Gasteiger partial charge in [0.25, 0.3) is 10.0 Å². The highest BCUT2D eigenvalue weighted by molar-refractivity contribution is 8.03. The van der Waals surface area contributed by atoms with Gasteiger partial charge in [-0.25, -0.2) is 12.7 Å². The van der Waals surface area contributed by atoms with Crippen molar-refractivity contribution in [1.29, 1.82) is 0 Å². The number of benzene rings is 2. The fourth-order valence-electron chi connectivity index (χ4n) is 2.82. The lowest BCUT2D eigenvalue weighted by Gasteiger charge is -2.24. The maximum Gasteiger partial charge on any atom is 0.265 e. The molecule has 2 heterocycles. The lowest BCUT2D eigenvalue weighted by atomic mass is 10.2. The standard InChI is InChI=1S/C20H17NO2S3/c1-15-8-11-17(12-9-15)26(22,23)21-18-6-2-3-7-19(18)25-20(21)13-10-16-5-4-14-24-16/h2-14,20H,1H3/b13-10+. The van der Waals surface area contributed by atoms with Gasteiger partial charge in [0.15, 0.2) is 0 Å². The van der Waals surface area contributed by atoms with E-state index in [9.17, 15) is 8.42 Å². The van der Waals surface area contributed by atoms with Crippen LogP contribution in [-0.2, 0) is 10.0 Å². The van der Waals surface area contributed by atoms with E-state index >= 15 is 0 Å². The van der Waals surface area contributed by atoms with Crippen molar-refractivity contribution in [1.82, 2.24) is 0 Å². The average molecular weight is 400 g/mol. The van der Waals surface area contributed by atoms with Gasteiger partial charge in [0.1, 0.15) is 5.37 Å². The molecule has 1 unspecified atom stereocenters. The minimum atomic E-state index is -3.64. The molecule has 1 atom stereocenters. The van der Waals surface area contributed by atoms with Crippen LogP contribution in [0.4, 0.5) is 5.69 Å². The third-order valence-electron chi connectivity index (χ3n) is 4.13. The Balaban J connectivity index is 1.77. The van der Waals surface area contributed by atoms with Gasteiger partial charge in [0, 0.05) is 9.77 Å². The van der Waals surface area contributed by atoms with Crippen molar-refractivity contribution in [2.24, 2.45) is 0 Å². The number of thiophene rings is 1. The molecular formula is C20H17NO2S3. The third kappa shape index (κ3) is 3.20. The van der Waals surface area contributed by atoms with E-state index in [0.717, 1.165) is 21.0 Å². The van der Waals surface area contributed by atoms with Gasteiger partial charge in [-0.05, 0) is 54.8 Å². The summed E-state index contributed by atoms with van der Waals surface area (Å²) >= 11 is 3.19. The van der Waals surface area contributed by atoms with Gasteiger partial charge >= 0.3 is 0 Å². The Kier molecular flexibility index (Phi) is 4.65. The van der Waals surface area contributed by atoms with Crippen LogP contribution in [0.15, 0.2) is 81.9 Å². The topological polar surface area (TPSA) is 37.4 Å². The van der Waals surface area contributed by atoms with Crippen molar-refractivity contribution in [2.45, 2.75) is 22.1 Å². The van der Waals surface area contributed by atoms with Crippen molar-refractivity contribution in [3.8, 4) is 0 Å². The second-order valence-corrected chi connectivity index (χ2v) is 9.92. The third-order valence-corrected chi connectivity index (χ3v) is 8.12. The van der Waals surface area contributed by atoms with E-state index in [-0.39, 0.29) is 5.37 Å². The van der Waals surface area contributed by atoms with E-state index in [1.54, 1.807) is 35.2 Å². The largest absolute Gasteiger partial charge is 0.265 e. The molecule has 0 N–H and O–H groups in total. The smallest absolute Gasteiger partial charge is 0.248 e. The molecule has 4 rings (SSSR count). The molecule has 0 saturated carbocycles. The van der Waals surface area contributed by atoms with Gasteiger partial charge in [-0.3, -0.25) is 0 Å². The number of sulfonamides is 1. The first-order valence-corrected chi connectivity index (χ1v) is 11.3. The Hall–Kier alpha value is -2.02. The molecule has 0 radical (unpaired) electrons. The molecule has 1 aliphatic rings. The van der Waals surface area contributed by atoms with Crippen LogP contribution in [0, 0.1) is 6.92 Å². The maximum absolute atomic E-state index is 13.4. The Labute approximate surface area is 162 Å². The molecule has 3 nitrogen and oxygen atoms in total. The van der Waals surface area contributed by atoms with Gasteiger partial charge < -0.3 is 0 Å². The SMILES string of the molecule is Cc1ccc(S(=O)(=O)N2c3ccccc3SC2/C=C/c2cccs2)cc1. The molecule has 26 heavy (non-hydrogen) atoms. The van der Waals surface area contributed by atoms with Gasteiger partial charge in [-0.1, -0.05) is 47.7 Å². The first-order valence-electron chi connectivity index (χ1n) is 8.14. The number of thioether (sulfide) groups is 1. The number of nitrogens with zero attached hydrogens (tertiary/aromatic N) is 1. The van der Waals surface area contributed by atoms with E-state index in [1.165, 1.54) is 4.31 Å². The normalized spacial score (nSPS) is 17.0. The predicted molar refractivity (Wildman–Crippen MR) is 110 cm³/mol. The number of para-hydroxylation sites is 1. The van der Waals surface area contributed by atoms with E-state index in [0.29, 0.717) is 4.90 Å². The first-order chi connectivity index (χ1) is 12.6. The van der Waals surface area contributed by atoms with E-state index in [2.05, 4.69) is 0 Å². The fraction of sp³-hybridized carbons (Fsp3) is 0.100. The minimum Gasteiger partial charge on any atom is -0.248 e. The summed E-state index contributed by atoms with van der Waals surface area (Å²) in [6, 6.07) is 18.7. The Morgan fingerprint density at radius 1 is 1.00 bits per heavy atom. The van der Waals surface area contributed by atoms with Gasteiger partial charge in [-0.2, -0.15) is 0 Å². The van der Waals surface area contributed by atoms with E-state index in [1.807, 2.05) is 73.0 Å². The highest BCUT2D eigenvalue weighted by Crippen LogP contribution is 2.46. The molecular weight excluding hydrogens is 382 g/mol. The van der Waals surface area contributed by atoms with Crippen LogP contribution >= 0.6 is 23.1 Å². The second-order valence-electron chi connectivity index (χ2n) is 5.96. The number of fused-ring (bicyclic) bond motifs is 1. The molecule has 2 aromatic carbocycles. The molecule has 3 aromatic rings. The molecule has 0 aliphatic carbocycles. The number of anilines is 1. The molecule has 0 amide bonds. The van der Waals surface area contributed by atoms with Crippen LogP contribution in [0.25, 0.3) is 6.08 Å². The average Bonchev–Trinajstić information content (AvgIpc) is 3.27. The van der Waals surface area contributed by atoms with Gasteiger partial charge in [-0.15, -0.1) is 11.3 Å². The van der Waals surface area contributed by atoms with Crippen LogP contribution in [-0.4, -0.2) is 13.8 Å². The number of hydrogen-bond donors (Lipinski definition) is 0. The summed E-state index contributed by atoms with van der Waals surface area (Å²) in [7, 11) is -3.64. The van der Waals surface area contributed by atoms with E-state index in [4.69, 9.17) is 0 Å². The zero-order valence-electron chi connectivity index (χ0n) is 14.1. The Bertz CT molecular complexity index is 1040. The summed E-state index contributed by atoms with van der Waals surface area (Å²) in [6.07, 6.45) is 3.95. The monoisotopic (exact) mass is 399 g/mol. The van der Waals surface area contributed by atoms with Crippen LogP contribution < -0.4 is 4.31 Å². The molecule has 1 aliphatic heterocycles. The number of rotatable bonds is 4. The molecule has 0 fully saturated rings. The van der Waals surface area contributed by atoms with Crippen molar-refractivity contribution in [3.63, 3.8) is 0 Å². The summed E-state index contributed by atoms with van der Waals surface area (Å²) in [5.41, 5.74) is 1.77. The zero-order valence-corrected chi connectivity index (χ0v) is 16.5. The first kappa shape index (κ1) is 17.4. The van der Waals surface area contributed by atoms with Crippen LogP contribution in [0.1, 0.15) is 10.4 Å². The highest BCUT2D eigenvalue weighted by Gasteiger charge is 2.37. The number of hydrogen-bond acceptors (Lipinski definition) is 4. The maximum atomic E-state index is 13.4. The van der Waals surface area contributed by atoms with Crippen molar-refractivity contribution in [3.05, 3.63) is 82.6 Å². The van der Waals surface area contributed by atoms with Crippen molar-refractivity contribution >= 4 is 44.9 Å². The molecule has 0 bridgehead atoms. The van der Waals surface area contributed by atoms with Gasteiger partial charge in [0.2, 0.25) is 0 Å². The predicted octanol–water partition coefficient (Wildman–Crippen LogP) is 5.40. The Morgan fingerprint density at radius 2 is 1.77 bits per heavy atom. The molecule has 0 saturated heterocycles. The highest BCUT2D eigenvalue weighted by atomic mass is 32.2. The van der Waals surface area contributed by atoms with Crippen LogP contribution in [0.3, 0.4) is 0 Å². The molecule has 0 spiro atoms. The summed E-state index contributed by atoms with van der Waals surface area (Å²) in [6.45, 7) is 1.95. The molecule has 1 aromatic heterocycles. The summed E-state index contributed by atoms with van der Waals surface area (Å²) in [5.74, 6) is 0. The summed E-state index contributed by atoms with van der Waals surface area (Å²) in [5, 5.41) is 1.71. The summed E-state index contributed by atoms with van der Waals surface area (Å²) < 4.78 is 28.3.